The highest BCUT2D eigenvalue weighted by atomic mass is 16.1. The second-order valence-corrected chi connectivity index (χ2v) is 6.82. The normalized spacial score (nSPS) is 18.5. The lowest BCUT2D eigenvalue weighted by molar-refractivity contribution is -0.124. The van der Waals surface area contributed by atoms with Gasteiger partial charge in [0.05, 0.1) is 5.54 Å². The van der Waals surface area contributed by atoms with Crippen LogP contribution in [0.3, 0.4) is 0 Å². The summed E-state index contributed by atoms with van der Waals surface area (Å²) in [5.41, 5.74) is 5.02. The summed E-state index contributed by atoms with van der Waals surface area (Å²) in [7, 11) is 0. The van der Waals surface area contributed by atoms with Gasteiger partial charge in [-0.05, 0) is 58.0 Å². The van der Waals surface area contributed by atoms with Crippen LogP contribution in [-0.2, 0) is 4.79 Å². The molecular weight excluding hydrogens is 250 g/mol. The van der Waals surface area contributed by atoms with Crippen LogP contribution in [0.2, 0.25) is 0 Å². The van der Waals surface area contributed by atoms with E-state index >= 15 is 0 Å². The maximum Gasteiger partial charge on any atom is 0.237 e. The number of amides is 1. The molecule has 0 radical (unpaired) electrons. The van der Waals surface area contributed by atoms with Gasteiger partial charge in [0, 0.05) is 12.6 Å². The zero-order chi connectivity index (χ0) is 15.2. The average molecular weight is 283 g/mol. The molecule has 1 aliphatic rings. The first kappa shape index (κ1) is 17.4. The molecule has 0 aromatic carbocycles. The molecule has 4 nitrogen and oxygen atoms in total. The van der Waals surface area contributed by atoms with Crippen LogP contribution < -0.4 is 11.1 Å². The molecule has 1 amide bonds. The summed E-state index contributed by atoms with van der Waals surface area (Å²) in [5.74, 6) is 0.502. The number of rotatable bonds is 11. The Hall–Kier alpha value is -0.610. The van der Waals surface area contributed by atoms with Crippen molar-refractivity contribution in [1.29, 1.82) is 0 Å². The summed E-state index contributed by atoms with van der Waals surface area (Å²) < 4.78 is 0. The molecule has 0 aromatic rings. The van der Waals surface area contributed by atoms with Gasteiger partial charge in [-0.15, -0.1) is 0 Å². The zero-order valence-corrected chi connectivity index (χ0v) is 13.7. The standard InChI is InChI=1S/C16H33N3O/c1-5-10-18-16(4,15(17)20)9-12-19(14-6-7-14)11-8-13(2)3/h13-14,18H,5-12H2,1-4H3,(H2,17,20). The van der Waals surface area contributed by atoms with Gasteiger partial charge in [-0.2, -0.15) is 0 Å². The predicted molar refractivity (Wildman–Crippen MR) is 84.6 cm³/mol. The summed E-state index contributed by atoms with van der Waals surface area (Å²) in [6, 6.07) is 0.747. The summed E-state index contributed by atoms with van der Waals surface area (Å²) in [4.78, 5) is 14.3. The van der Waals surface area contributed by atoms with Gasteiger partial charge >= 0.3 is 0 Å². The van der Waals surface area contributed by atoms with Crippen LogP contribution in [0.1, 0.15) is 59.8 Å². The lowest BCUT2D eigenvalue weighted by Gasteiger charge is -2.31. The van der Waals surface area contributed by atoms with Crippen molar-refractivity contribution in [3.05, 3.63) is 0 Å². The molecule has 0 aliphatic heterocycles. The molecule has 0 aromatic heterocycles. The highest BCUT2D eigenvalue weighted by Gasteiger charge is 2.34. The first-order valence-corrected chi connectivity index (χ1v) is 8.18. The molecule has 20 heavy (non-hydrogen) atoms. The Morgan fingerprint density at radius 1 is 1.40 bits per heavy atom. The molecule has 3 N–H and O–H groups in total. The highest BCUT2D eigenvalue weighted by Crippen LogP contribution is 2.28. The Bertz CT molecular complexity index is 302. The number of hydrogen-bond acceptors (Lipinski definition) is 3. The van der Waals surface area contributed by atoms with E-state index in [4.69, 9.17) is 5.73 Å². The van der Waals surface area contributed by atoms with Crippen LogP contribution in [0.4, 0.5) is 0 Å². The summed E-state index contributed by atoms with van der Waals surface area (Å²) in [6.07, 6.45) is 5.67. The van der Waals surface area contributed by atoms with Gasteiger partial charge in [0.25, 0.3) is 0 Å². The largest absolute Gasteiger partial charge is 0.368 e. The molecule has 4 heteroatoms. The van der Waals surface area contributed by atoms with Crippen LogP contribution in [0.15, 0.2) is 0 Å². The molecule has 0 heterocycles. The van der Waals surface area contributed by atoms with Crippen molar-refractivity contribution in [1.82, 2.24) is 10.2 Å². The number of carbonyl (C=O) groups is 1. The van der Waals surface area contributed by atoms with Crippen LogP contribution in [0.25, 0.3) is 0 Å². The van der Waals surface area contributed by atoms with Gasteiger partial charge in [0.15, 0.2) is 0 Å². The molecule has 1 unspecified atom stereocenters. The molecule has 1 aliphatic carbocycles. The molecule has 0 bridgehead atoms. The minimum atomic E-state index is -0.568. The molecular formula is C16H33N3O. The van der Waals surface area contributed by atoms with Crippen molar-refractivity contribution >= 4 is 5.91 Å². The Balaban J connectivity index is 2.48. The SMILES string of the molecule is CCCNC(C)(CCN(CCC(C)C)C1CC1)C(N)=O. The van der Waals surface area contributed by atoms with Crippen molar-refractivity contribution in [2.75, 3.05) is 19.6 Å². The third kappa shape index (κ3) is 5.80. The Morgan fingerprint density at radius 2 is 2.05 bits per heavy atom. The number of carbonyl (C=O) groups excluding carboxylic acids is 1. The number of nitrogens with zero attached hydrogens (tertiary/aromatic N) is 1. The summed E-state index contributed by atoms with van der Waals surface area (Å²) >= 11 is 0. The Morgan fingerprint density at radius 3 is 2.50 bits per heavy atom. The third-order valence-electron chi connectivity index (χ3n) is 4.26. The van der Waals surface area contributed by atoms with Crippen LogP contribution in [0, 0.1) is 5.92 Å². The molecule has 0 saturated heterocycles. The van der Waals surface area contributed by atoms with Crippen molar-refractivity contribution < 1.29 is 4.79 Å². The van der Waals surface area contributed by atoms with E-state index in [1.54, 1.807) is 0 Å². The smallest absolute Gasteiger partial charge is 0.237 e. The fraction of sp³-hybridized carbons (Fsp3) is 0.938. The number of primary amides is 1. The lowest BCUT2D eigenvalue weighted by Crippen LogP contribution is -2.55. The maximum atomic E-state index is 11.7. The topological polar surface area (TPSA) is 58.4 Å². The second kappa shape index (κ2) is 7.99. The van der Waals surface area contributed by atoms with E-state index in [1.165, 1.54) is 19.3 Å². The van der Waals surface area contributed by atoms with Crippen LogP contribution >= 0.6 is 0 Å². The van der Waals surface area contributed by atoms with E-state index in [0.29, 0.717) is 0 Å². The van der Waals surface area contributed by atoms with E-state index in [1.807, 2.05) is 6.92 Å². The molecule has 118 valence electrons. The van der Waals surface area contributed by atoms with Gasteiger partial charge in [-0.3, -0.25) is 4.79 Å². The van der Waals surface area contributed by atoms with E-state index in [2.05, 4.69) is 31.0 Å². The molecule has 1 saturated carbocycles. The quantitative estimate of drug-likeness (QED) is 0.611. The fourth-order valence-electron chi connectivity index (χ4n) is 2.41. The lowest BCUT2D eigenvalue weighted by atomic mass is 9.96. The number of hydrogen-bond donors (Lipinski definition) is 2. The Labute approximate surface area is 124 Å². The second-order valence-electron chi connectivity index (χ2n) is 6.82. The van der Waals surface area contributed by atoms with Crippen molar-refractivity contribution in [3.63, 3.8) is 0 Å². The monoisotopic (exact) mass is 283 g/mol. The van der Waals surface area contributed by atoms with Crippen molar-refractivity contribution in [3.8, 4) is 0 Å². The first-order valence-electron chi connectivity index (χ1n) is 8.18. The van der Waals surface area contributed by atoms with Gasteiger partial charge < -0.3 is 16.0 Å². The highest BCUT2D eigenvalue weighted by molar-refractivity contribution is 5.84. The van der Waals surface area contributed by atoms with E-state index in [9.17, 15) is 4.79 Å². The summed E-state index contributed by atoms with van der Waals surface area (Å²) in [6.45, 7) is 11.5. The predicted octanol–water partition coefficient (Wildman–Crippen LogP) is 2.13. The van der Waals surface area contributed by atoms with Gasteiger partial charge in [0.1, 0.15) is 0 Å². The van der Waals surface area contributed by atoms with Crippen molar-refractivity contribution in [2.24, 2.45) is 11.7 Å². The first-order chi connectivity index (χ1) is 9.39. The number of nitrogens with two attached hydrogens (primary N) is 1. The van der Waals surface area contributed by atoms with E-state index in [-0.39, 0.29) is 5.91 Å². The minimum Gasteiger partial charge on any atom is -0.368 e. The third-order valence-corrected chi connectivity index (χ3v) is 4.26. The van der Waals surface area contributed by atoms with Crippen molar-refractivity contribution in [2.45, 2.75) is 71.4 Å². The zero-order valence-electron chi connectivity index (χ0n) is 13.7. The van der Waals surface area contributed by atoms with E-state index in [0.717, 1.165) is 44.4 Å². The van der Waals surface area contributed by atoms with Gasteiger partial charge in [-0.25, -0.2) is 0 Å². The molecule has 0 spiro atoms. The van der Waals surface area contributed by atoms with Crippen LogP contribution in [0.5, 0.6) is 0 Å². The molecule has 1 fully saturated rings. The molecule has 1 atom stereocenters. The van der Waals surface area contributed by atoms with Gasteiger partial charge in [-0.1, -0.05) is 20.8 Å². The number of nitrogens with one attached hydrogen (secondary N) is 1. The average Bonchev–Trinajstić information content (AvgIpc) is 3.20. The summed E-state index contributed by atoms with van der Waals surface area (Å²) in [5, 5.41) is 3.32. The fourth-order valence-corrected chi connectivity index (χ4v) is 2.41. The van der Waals surface area contributed by atoms with Crippen LogP contribution in [-0.4, -0.2) is 42.0 Å². The molecule has 1 rings (SSSR count). The maximum absolute atomic E-state index is 11.7. The Kier molecular flexibility index (Phi) is 6.96. The van der Waals surface area contributed by atoms with E-state index < -0.39 is 5.54 Å². The minimum absolute atomic E-state index is 0.231. The van der Waals surface area contributed by atoms with Gasteiger partial charge in [0.2, 0.25) is 5.91 Å².